The number of methoxy groups -OCH3 is 1. The molecule has 5 nitrogen and oxygen atoms in total. The van der Waals surface area contributed by atoms with Gasteiger partial charge in [-0.05, 0) is 30.7 Å². The van der Waals surface area contributed by atoms with Gasteiger partial charge < -0.3 is 14.6 Å². The lowest BCUT2D eigenvalue weighted by Crippen LogP contribution is -2.07. The van der Waals surface area contributed by atoms with Gasteiger partial charge in [0.15, 0.2) is 11.5 Å². The zero-order chi connectivity index (χ0) is 14.5. The summed E-state index contributed by atoms with van der Waals surface area (Å²) in [5.41, 5.74) is 1.92. The molecule has 0 aliphatic heterocycles. The number of aryl methyl sites for hydroxylation is 1. The third kappa shape index (κ3) is 3.30. The molecule has 5 heteroatoms. The number of ether oxygens (including phenoxy) is 2. The van der Waals surface area contributed by atoms with Gasteiger partial charge in [-0.2, -0.15) is 5.10 Å². The van der Waals surface area contributed by atoms with Gasteiger partial charge in [-0.25, -0.2) is 0 Å². The van der Waals surface area contributed by atoms with E-state index in [2.05, 4.69) is 5.10 Å². The Labute approximate surface area is 118 Å². The fraction of sp³-hybridized carbons (Fsp3) is 0.400. The van der Waals surface area contributed by atoms with E-state index in [-0.39, 0.29) is 0 Å². The molecule has 1 aromatic carbocycles. The molecule has 0 aliphatic rings. The van der Waals surface area contributed by atoms with Crippen LogP contribution in [0.5, 0.6) is 11.5 Å². The van der Waals surface area contributed by atoms with E-state index >= 15 is 0 Å². The number of aliphatic hydroxyl groups is 1. The molecule has 1 N–H and O–H groups in total. The van der Waals surface area contributed by atoms with Gasteiger partial charge in [-0.15, -0.1) is 0 Å². The number of nitrogens with zero attached hydrogens (tertiary/aromatic N) is 2. The van der Waals surface area contributed by atoms with E-state index in [9.17, 15) is 5.11 Å². The molecule has 0 saturated heterocycles. The van der Waals surface area contributed by atoms with Crippen molar-refractivity contribution in [3.05, 3.63) is 41.7 Å². The van der Waals surface area contributed by atoms with Crippen LogP contribution in [-0.2, 0) is 13.5 Å². The molecule has 0 spiro atoms. The number of aromatic nitrogens is 2. The lowest BCUT2D eigenvalue weighted by Gasteiger charge is -2.13. The maximum absolute atomic E-state index is 9.56. The van der Waals surface area contributed by atoms with Gasteiger partial charge in [0.05, 0.1) is 19.8 Å². The van der Waals surface area contributed by atoms with Crippen molar-refractivity contribution in [2.24, 2.45) is 7.05 Å². The van der Waals surface area contributed by atoms with Crippen LogP contribution in [0, 0.1) is 0 Å². The van der Waals surface area contributed by atoms with Gasteiger partial charge in [-0.3, -0.25) is 4.68 Å². The first-order valence-electron chi connectivity index (χ1n) is 6.57. The maximum Gasteiger partial charge on any atom is 0.161 e. The molecule has 0 bridgehead atoms. The first kappa shape index (κ1) is 14.4. The highest BCUT2D eigenvalue weighted by Crippen LogP contribution is 2.30. The monoisotopic (exact) mass is 276 g/mol. The van der Waals surface area contributed by atoms with Crippen LogP contribution in [0.2, 0.25) is 0 Å². The molecule has 1 heterocycles. The van der Waals surface area contributed by atoms with E-state index in [0.29, 0.717) is 18.1 Å². The predicted octanol–water partition coefficient (Wildman–Crippen LogP) is 2.10. The Bertz CT molecular complexity index is 564. The molecule has 2 rings (SSSR count). The SMILES string of the molecule is COc1cc([C@@H](C)O)ccc1OCCc1ccnn1C. The molecule has 0 unspecified atom stereocenters. The van der Waals surface area contributed by atoms with Crippen LogP contribution in [0.15, 0.2) is 30.5 Å². The lowest BCUT2D eigenvalue weighted by atomic mass is 10.1. The summed E-state index contributed by atoms with van der Waals surface area (Å²) >= 11 is 0. The number of hydrogen-bond donors (Lipinski definition) is 1. The second-order valence-corrected chi connectivity index (χ2v) is 4.63. The number of benzene rings is 1. The van der Waals surface area contributed by atoms with Crippen molar-refractivity contribution in [3.8, 4) is 11.5 Å². The second kappa shape index (κ2) is 6.43. The van der Waals surface area contributed by atoms with Gasteiger partial charge in [-0.1, -0.05) is 6.07 Å². The van der Waals surface area contributed by atoms with Crippen molar-refractivity contribution in [2.45, 2.75) is 19.4 Å². The molecule has 108 valence electrons. The van der Waals surface area contributed by atoms with Crippen LogP contribution in [-0.4, -0.2) is 28.6 Å². The first-order chi connectivity index (χ1) is 9.61. The Hall–Kier alpha value is -2.01. The smallest absolute Gasteiger partial charge is 0.161 e. The molecule has 0 radical (unpaired) electrons. The summed E-state index contributed by atoms with van der Waals surface area (Å²) in [5, 5.41) is 13.7. The van der Waals surface area contributed by atoms with E-state index in [0.717, 1.165) is 17.7 Å². The van der Waals surface area contributed by atoms with E-state index < -0.39 is 6.10 Å². The van der Waals surface area contributed by atoms with Crippen LogP contribution < -0.4 is 9.47 Å². The minimum Gasteiger partial charge on any atom is -0.493 e. The largest absolute Gasteiger partial charge is 0.493 e. The van der Waals surface area contributed by atoms with Crippen molar-refractivity contribution in [1.82, 2.24) is 9.78 Å². The quantitative estimate of drug-likeness (QED) is 0.878. The minimum atomic E-state index is -0.521. The lowest BCUT2D eigenvalue weighted by molar-refractivity contribution is 0.198. The second-order valence-electron chi connectivity index (χ2n) is 4.63. The maximum atomic E-state index is 9.56. The number of hydrogen-bond acceptors (Lipinski definition) is 4. The molecule has 0 saturated carbocycles. The summed E-state index contributed by atoms with van der Waals surface area (Å²) in [7, 11) is 3.50. The molecule has 0 amide bonds. The molecular formula is C15H20N2O3. The standard InChI is InChI=1S/C15H20N2O3/c1-11(18)12-4-5-14(15(10-12)19-3)20-9-7-13-6-8-16-17(13)2/h4-6,8,10-11,18H,7,9H2,1-3H3/t11-/m1/s1. The highest BCUT2D eigenvalue weighted by Gasteiger charge is 2.09. The molecule has 2 aromatic rings. The summed E-state index contributed by atoms with van der Waals surface area (Å²) in [4.78, 5) is 0. The zero-order valence-corrected chi connectivity index (χ0v) is 12.0. The first-order valence-corrected chi connectivity index (χ1v) is 6.57. The van der Waals surface area contributed by atoms with Gasteiger partial charge in [0, 0.05) is 25.4 Å². The summed E-state index contributed by atoms with van der Waals surface area (Å²) in [6.45, 7) is 2.27. The minimum absolute atomic E-state index is 0.521. The average molecular weight is 276 g/mol. The Kier molecular flexibility index (Phi) is 4.63. The van der Waals surface area contributed by atoms with Crippen LogP contribution in [0.3, 0.4) is 0 Å². The van der Waals surface area contributed by atoms with Crippen molar-refractivity contribution >= 4 is 0 Å². The van der Waals surface area contributed by atoms with Gasteiger partial charge in [0.2, 0.25) is 0 Å². The summed E-state index contributed by atoms with van der Waals surface area (Å²) in [6, 6.07) is 7.43. The van der Waals surface area contributed by atoms with Crippen LogP contribution in [0.25, 0.3) is 0 Å². The predicted molar refractivity (Wildman–Crippen MR) is 76.0 cm³/mol. The van der Waals surface area contributed by atoms with E-state index in [1.165, 1.54) is 0 Å². The third-order valence-electron chi connectivity index (χ3n) is 3.21. The Morgan fingerprint density at radius 2 is 2.10 bits per heavy atom. The van der Waals surface area contributed by atoms with Crippen LogP contribution in [0.1, 0.15) is 24.3 Å². The van der Waals surface area contributed by atoms with Crippen molar-refractivity contribution in [1.29, 1.82) is 0 Å². The average Bonchev–Trinajstić information content (AvgIpc) is 2.84. The highest BCUT2D eigenvalue weighted by atomic mass is 16.5. The molecule has 1 aromatic heterocycles. The zero-order valence-electron chi connectivity index (χ0n) is 12.0. The Balaban J connectivity index is 2.00. The Morgan fingerprint density at radius 3 is 2.70 bits per heavy atom. The number of aliphatic hydroxyl groups excluding tert-OH is 1. The van der Waals surface area contributed by atoms with Crippen molar-refractivity contribution < 1.29 is 14.6 Å². The normalized spacial score (nSPS) is 12.2. The Morgan fingerprint density at radius 1 is 1.30 bits per heavy atom. The fourth-order valence-corrected chi connectivity index (χ4v) is 1.98. The van der Waals surface area contributed by atoms with Crippen LogP contribution in [0.4, 0.5) is 0 Å². The van der Waals surface area contributed by atoms with Crippen molar-refractivity contribution in [3.63, 3.8) is 0 Å². The molecule has 20 heavy (non-hydrogen) atoms. The summed E-state index contributed by atoms with van der Waals surface area (Å²) in [6.07, 6.45) is 2.03. The molecule has 0 aliphatic carbocycles. The molecule has 1 atom stereocenters. The third-order valence-corrected chi connectivity index (χ3v) is 3.21. The topological polar surface area (TPSA) is 56.5 Å². The van der Waals surface area contributed by atoms with Gasteiger partial charge >= 0.3 is 0 Å². The summed E-state index contributed by atoms with van der Waals surface area (Å²) in [5.74, 6) is 1.31. The van der Waals surface area contributed by atoms with Gasteiger partial charge in [0.25, 0.3) is 0 Å². The fourth-order valence-electron chi connectivity index (χ4n) is 1.98. The van der Waals surface area contributed by atoms with Crippen LogP contribution >= 0.6 is 0 Å². The van der Waals surface area contributed by atoms with E-state index in [1.54, 1.807) is 26.3 Å². The molecular weight excluding hydrogens is 256 g/mol. The highest BCUT2D eigenvalue weighted by molar-refractivity contribution is 5.43. The van der Waals surface area contributed by atoms with Gasteiger partial charge in [0.1, 0.15) is 0 Å². The van der Waals surface area contributed by atoms with E-state index in [4.69, 9.17) is 9.47 Å². The molecule has 0 fully saturated rings. The van der Waals surface area contributed by atoms with E-state index in [1.807, 2.05) is 29.9 Å². The number of rotatable bonds is 6. The van der Waals surface area contributed by atoms with Crippen molar-refractivity contribution in [2.75, 3.05) is 13.7 Å². The summed E-state index contributed by atoms with van der Waals surface area (Å²) < 4.78 is 12.9.